The van der Waals surface area contributed by atoms with Crippen LogP contribution < -0.4 is 16.8 Å². The number of amides is 3. The Kier molecular flexibility index (Phi) is 3.43. The maximum Gasteiger partial charge on any atom is 0.316 e. The predicted molar refractivity (Wildman–Crippen MR) is 73.0 cm³/mol. The highest BCUT2D eigenvalue weighted by molar-refractivity contribution is 6.31. The van der Waals surface area contributed by atoms with Crippen LogP contribution in [-0.4, -0.2) is 16.9 Å². The molecule has 0 aliphatic carbocycles. The van der Waals surface area contributed by atoms with Crippen LogP contribution in [0.4, 0.5) is 10.5 Å². The molecule has 0 aliphatic rings. The van der Waals surface area contributed by atoms with Gasteiger partial charge in [0, 0.05) is 16.8 Å². The smallest absolute Gasteiger partial charge is 0.316 e. The number of hydrogen-bond acceptors (Lipinski definition) is 2. The van der Waals surface area contributed by atoms with Gasteiger partial charge in [-0.1, -0.05) is 11.6 Å². The maximum absolute atomic E-state index is 11.3. The van der Waals surface area contributed by atoms with Crippen molar-refractivity contribution in [3.05, 3.63) is 41.0 Å². The first-order valence-corrected chi connectivity index (χ1v) is 5.70. The summed E-state index contributed by atoms with van der Waals surface area (Å²) < 4.78 is 0. The van der Waals surface area contributed by atoms with E-state index in [1.807, 2.05) is 0 Å². The van der Waals surface area contributed by atoms with Crippen LogP contribution in [-0.2, 0) is 0 Å². The van der Waals surface area contributed by atoms with Crippen LogP contribution in [0.5, 0.6) is 0 Å². The first-order valence-electron chi connectivity index (χ1n) is 5.32. The van der Waals surface area contributed by atoms with E-state index in [2.05, 4.69) is 10.3 Å². The number of aromatic amines is 1. The molecule has 6 nitrogen and oxygen atoms in total. The number of aromatic nitrogens is 1. The lowest BCUT2D eigenvalue weighted by Gasteiger charge is -2.10. The summed E-state index contributed by atoms with van der Waals surface area (Å²) in [6.07, 6.45) is 1.58. The fourth-order valence-electron chi connectivity index (χ4n) is 1.77. The molecular formula is C12H11ClN4O2. The lowest BCUT2D eigenvalue weighted by atomic mass is 10.1. The largest absolute Gasteiger partial charge is 0.366 e. The van der Waals surface area contributed by atoms with E-state index in [4.69, 9.17) is 23.1 Å². The molecule has 0 fully saturated rings. The highest BCUT2D eigenvalue weighted by atomic mass is 35.5. The predicted octanol–water partition coefficient (Wildman–Crippen LogP) is 1.92. The number of nitrogens with one attached hydrogen (secondary N) is 2. The lowest BCUT2D eigenvalue weighted by Crippen LogP contribution is -2.20. The van der Waals surface area contributed by atoms with Crippen LogP contribution in [0.3, 0.4) is 0 Å². The second-order valence-corrected chi connectivity index (χ2v) is 4.25. The van der Waals surface area contributed by atoms with E-state index in [1.54, 1.807) is 24.4 Å². The molecule has 0 saturated carbocycles. The number of primary amides is 2. The summed E-state index contributed by atoms with van der Waals surface area (Å²) in [6.45, 7) is 0. The lowest BCUT2D eigenvalue weighted by molar-refractivity contribution is 0.100. The zero-order valence-corrected chi connectivity index (χ0v) is 10.5. The number of H-pyrrole nitrogens is 1. The van der Waals surface area contributed by atoms with Gasteiger partial charge in [-0.15, -0.1) is 0 Å². The summed E-state index contributed by atoms with van der Waals surface area (Å²) in [4.78, 5) is 25.2. The fourth-order valence-corrected chi connectivity index (χ4v) is 1.94. The van der Waals surface area contributed by atoms with Gasteiger partial charge < -0.3 is 21.8 Å². The highest BCUT2D eigenvalue weighted by Gasteiger charge is 2.15. The van der Waals surface area contributed by atoms with Crippen molar-refractivity contribution < 1.29 is 9.59 Å². The van der Waals surface area contributed by atoms with Crippen molar-refractivity contribution in [1.29, 1.82) is 0 Å². The Bertz CT molecular complexity index is 651. The Morgan fingerprint density at radius 2 is 1.95 bits per heavy atom. The van der Waals surface area contributed by atoms with Gasteiger partial charge in [0.15, 0.2) is 0 Å². The van der Waals surface area contributed by atoms with Gasteiger partial charge in [0.25, 0.3) is 5.91 Å². The van der Waals surface area contributed by atoms with Crippen LogP contribution in [0.15, 0.2) is 30.5 Å². The second kappa shape index (κ2) is 5.03. The molecule has 0 radical (unpaired) electrons. The zero-order valence-electron chi connectivity index (χ0n) is 9.74. The maximum atomic E-state index is 11.3. The number of halogens is 1. The normalized spacial score (nSPS) is 10.2. The Labute approximate surface area is 113 Å². The number of nitrogens with two attached hydrogens (primary N) is 2. The van der Waals surface area contributed by atoms with Crippen molar-refractivity contribution in [2.24, 2.45) is 11.5 Å². The quantitative estimate of drug-likeness (QED) is 0.687. The van der Waals surface area contributed by atoms with Crippen molar-refractivity contribution in [1.82, 2.24) is 4.98 Å². The molecule has 0 aliphatic heterocycles. The topological polar surface area (TPSA) is 114 Å². The SMILES string of the molecule is NC(=O)Nc1cc(Cl)ccc1-c1[nH]ccc1C(N)=O. The number of carbonyl (C=O) groups excluding carboxylic acids is 2. The number of carbonyl (C=O) groups is 2. The molecule has 0 spiro atoms. The molecule has 1 aromatic carbocycles. The highest BCUT2D eigenvalue weighted by Crippen LogP contribution is 2.31. The molecule has 1 heterocycles. The van der Waals surface area contributed by atoms with Crippen LogP contribution in [0, 0.1) is 0 Å². The molecule has 0 bridgehead atoms. The fraction of sp³-hybridized carbons (Fsp3) is 0. The summed E-state index contributed by atoms with van der Waals surface area (Å²) >= 11 is 5.87. The van der Waals surface area contributed by atoms with Gasteiger partial charge in [0.1, 0.15) is 0 Å². The molecule has 19 heavy (non-hydrogen) atoms. The minimum Gasteiger partial charge on any atom is -0.366 e. The minimum absolute atomic E-state index is 0.315. The Morgan fingerprint density at radius 1 is 1.21 bits per heavy atom. The monoisotopic (exact) mass is 278 g/mol. The van der Waals surface area contributed by atoms with Crippen LogP contribution >= 0.6 is 11.6 Å². The number of rotatable bonds is 3. The molecule has 3 amide bonds. The van der Waals surface area contributed by atoms with E-state index in [1.165, 1.54) is 6.07 Å². The van der Waals surface area contributed by atoms with Gasteiger partial charge in [-0.05, 0) is 24.3 Å². The number of benzene rings is 1. The average Bonchev–Trinajstić information content (AvgIpc) is 2.77. The number of hydrogen-bond donors (Lipinski definition) is 4. The third kappa shape index (κ3) is 2.69. The molecule has 7 heteroatoms. The minimum atomic E-state index is -0.726. The van der Waals surface area contributed by atoms with Gasteiger partial charge in [0.05, 0.1) is 16.9 Å². The van der Waals surface area contributed by atoms with Crippen molar-refractivity contribution in [2.45, 2.75) is 0 Å². The summed E-state index contributed by atoms with van der Waals surface area (Å²) in [5.74, 6) is -0.573. The molecule has 98 valence electrons. The van der Waals surface area contributed by atoms with Crippen LogP contribution in [0.1, 0.15) is 10.4 Å². The van der Waals surface area contributed by atoms with E-state index in [0.29, 0.717) is 27.5 Å². The summed E-state index contributed by atoms with van der Waals surface area (Å²) in [7, 11) is 0. The van der Waals surface area contributed by atoms with Gasteiger partial charge in [0.2, 0.25) is 0 Å². The van der Waals surface area contributed by atoms with E-state index in [0.717, 1.165) is 0 Å². The Hall–Kier alpha value is -2.47. The third-order valence-electron chi connectivity index (χ3n) is 2.52. The van der Waals surface area contributed by atoms with Crippen LogP contribution in [0.2, 0.25) is 5.02 Å². The molecule has 0 atom stereocenters. The third-order valence-corrected chi connectivity index (χ3v) is 2.76. The molecule has 2 rings (SSSR count). The van der Waals surface area contributed by atoms with Crippen molar-refractivity contribution >= 4 is 29.2 Å². The molecule has 1 aromatic heterocycles. The van der Waals surface area contributed by atoms with Crippen molar-refractivity contribution in [2.75, 3.05) is 5.32 Å². The Balaban J connectivity index is 2.58. The first-order chi connectivity index (χ1) is 8.99. The average molecular weight is 279 g/mol. The van der Waals surface area contributed by atoms with E-state index in [-0.39, 0.29) is 0 Å². The number of anilines is 1. The second-order valence-electron chi connectivity index (χ2n) is 3.81. The van der Waals surface area contributed by atoms with Gasteiger partial charge in [-0.25, -0.2) is 4.79 Å². The van der Waals surface area contributed by atoms with Crippen molar-refractivity contribution in [3.8, 4) is 11.3 Å². The molecular weight excluding hydrogens is 268 g/mol. The molecule has 6 N–H and O–H groups in total. The molecule has 2 aromatic rings. The first kappa shape index (κ1) is 13.0. The molecule has 0 unspecified atom stereocenters. The van der Waals surface area contributed by atoms with E-state index in [9.17, 15) is 9.59 Å². The van der Waals surface area contributed by atoms with E-state index < -0.39 is 11.9 Å². The van der Waals surface area contributed by atoms with Gasteiger partial charge in [-0.2, -0.15) is 0 Å². The standard InChI is InChI=1S/C12H11ClN4O2/c13-6-1-2-7(9(5-6)17-12(15)19)10-8(11(14)18)3-4-16-10/h1-5,16H,(H2,14,18)(H3,15,17,19). The van der Waals surface area contributed by atoms with Crippen molar-refractivity contribution in [3.63, 3.8) is 0 Å². The summed E-state index contributed by atoms with van der Waals surface area (Å²) in [5, 5.41) is 2.88. The summed E-state index contributed by atoms with van der Waals surface area (Å²) in [5.41, 5.74) is 12.2. The zero-order chi connectivity index (χ0) is 14.0. The van der Waals surface area contributed by atoms with Gasteiger partial charge in [-0.3, -0.25) is 4.79 Å². The van der Waals surface area contributed by atoms with Gasteiger partial charge >= 0.3 is 6.03 Å². The summed E-state index contributed by atoms with van der Waals surface area (Å²) in [6, 6.07) is 5.66. The molecule has 0 saturated heterocycles. The number of urea groups is 1. The Morgan fingerprint density at radius 3 is 2.58 bits per heavy atom. The van der Waals surface area contributed by atoms with Crippen LogP contribution in [0.25, 0.3) is 11.3 Å². The van der Waals surface area contributed by atoms with E-state index >= 15 is 0 Å².